The largest absolute Gasteiger partial charge is 0.482 e. The summed E-state index contributed by atoms with van der Waals surface area (Å²) in [6, 6.07) is 13.9. The van der Waals surface area contributed by atoms with Crippen LogP contribution in [0.4, 0.5) is 0 Å². The number of nitrogens with zero attached hydrogens (tertiary/aromatic N) is 2. The summed E-state index contributed by atoms with van der Waals surface area (Å²) in [4.78, 5) is 24.2. The van der Waals surface area contributed by atoms with Gasteiger partial charge in [0.05, 0.1) is 10.5 Å². The molecule has 0 unspecified atom stereocenters. The van der Waals surface area contributed by atoms with Crippen molar-refractivity contribution >= 4 is 21.8 Å². The van der Waals surface area contributed by atoms with Gasteiger partial charge in [0.1, 0.15) is 11.8 Å². The summed E-state index contributed by atoms with van der Waals surface area (Å²) in [6.45, 7) is 3.64. The molecule has 0 aliphatic carbocycles. The van der Waals surface area contributed by atoms with Gasteiger partial charge in [-0.25, -0.2) is 8.42 Å². The first kappa shape index (κ1) is 22.9. The van der Waals surface area contributed by atoms with Gasteiger partial charge in [-0.15, -0.1) is 0 Å². The SMILES string of the molecule is CCN(CC)S(=O)(=O)c1cccc(C(=O)NNC(=O)COc2ccccc2C#N)c1. The molecule has 2 rings (SSSR count). The zero-order chi connectivity index (χ0) is 22.1. The van der Waals surface area contributed by atoms with Crippen molar-refractivity contribution in [3.8, 4) is 11.8 Å². The lowest BCUT2D eigenvalue weighted by Gasteiger charge is -2.18. The zero-order valence-electron chi connectivity index (χ0n) is 16.6. The van der Waals surface area contributed by atoms with E-state index in [0.29, 0.717) is 13.1 Å². The predicted molar refractivity (Wildman–Crippen MR) is 109 cm³/mol. The molecule has 2 aromatic rings. The molecule has 0 radical (unpaired) electrons. The first-order valence-corrected chi connectivity index (χ1v) is 10.6. The van der Waals surface area contributed by atoms with Crippen molar-refractivity contribution in [1.82, 2.24) is 15.2 Å². The summed E-state index contributed by atoms with van der Waals surface area (Å²) < 4.78 is 31.7. The molecule has 0 spiro atoms. The van der Waals surface area contributed by atoms with Crippen LogP contribution in [-0.4, -0.2) is 44.2 Å². The third-order valence-electron chi connectivity index (χ3n) is 4.12. The van der Waals surface area contributed by atoms with Crippen molar-refractivity contribution in [3.05, 3.63) is 59.7 Å². The molecule has 0 atom stereocenters. The number of carbonyl (C=O) groups excluding carboxylic acids is 2. The molecule has 2 N–H and O–H groups in total. The average molecular weight is 430 g/mol. The van der Waals surface area contributed by atoms with Gasteiger partial charge in [-0.1, -0.05) is 32.0 Å². The van der Waals surface area contributed by atoms with Gasteiger partial charge in [-0.05, 0) is 30.3 Å². The molecule has 10 heteroatoms. The van der Waals surface area contributed by atoms with E-state index in [9.17, 15) is 18.0 Å². The van der Waals surface area contributed by atoms with Crippen molar-refractivity contribution in [2.45, 2.75) is 18.7 Å². The van der Waals surface area contributed by atoms with Gasteiger partial charge in [0.15, 0.2) is 6.61 Å². The monoisotopic (exact) mass is 430 g/mol. The van der Waals surface area contributed by atoms with Crippen LogP contribution in [0.5, 0.6) is 5.75 Å². The van der Waals surface area contributed by atoms with Gasteiger partial charge >= 0.3 is 0 Å². The summed E-state index contributed by atoms with van der Waals surface area (Å²) in [5.41, 5.74) is 4.74. The number of nitrogens with one attached hydrogen (secondary N) is 2. The number of carbonyl (C=O) groups is 2. The van der Waals surface area contributed by atoms with Crippen LogP contribution in [0.1, 0.15) is 29.8 Å². The predicted octanol–water partition coefficient (Wildman–Crippen LogP) is 1.43. The molecule has 0 aliphatic rings. The van der Waals surface area contributed by atoms with E-state index in [1.54, 1.807) is 38.1 Å². The average Bonchev–Trinajstić information content (AvgIpc) is 2.76. The first-order chi connectivity index (χ1) is 14.3. The number of rotatable bonds is 8. The Balaban J connectivity index is 1.98. The van der Waals surface area contributed by atoms with Crippen LogP contribution in [0.15, 0.2) is 53.4 Å². The Kier molecular flexibility index (Phi) is 7.91. The molecule has 158 valence electrons. The molecule has 0 bridgehead atoms. The lowest BCUT2D eigenvalue weighted by molar-refractivity contribution is -0.123. The van der Waals surface area contributed by atoms with Gasteiger partial charge < -0.3 is 4.74 Å². The highest BCUT2D eigenvalue weighted by atomic mass is 32.2. The van der Waals surface area contributed by atoms with E-state index in [0.717, 1.165) is 0 Å². The first-order valence-electron chi connectivity index (χ1n) is 9.14. The summed E-state index contributed by atoms with van der Waals surface area (Å²) in [7, 11) is -3.71. The molecular weight excluding hydrogens is 408 g/mol. The van der Waals surface area contributed by atoms with E-state index in [-0.39, 0.29) is 21.8 Å². The highest BCUT2D eigenvalue weighted by Crippen LogP contribution is 2.17. The van der Waals surface area contributed by atoms with Crippen molar-refractivity contribution in [1.29, 1.82) is 5.26 Å². The summed E-state index contributed by atoms with van der Waals surface area (Å²) in [5, 5.41) is 9.00. The van der Waals surface area contributed by atoms with Crippen molar-refractivity contribution in [3.63, 3.8) is 0 Å². The van der Waals surface area contributed by atoms with E-state index in [2.05, 4.69) is 10.9 Å². The number of hydrogen-bond acceptors (Lipinski definition) is 6. The molecule has 0 saturated carbocycles. The van der Waals surface area contributed by atoms with E-state index in [4.69, 9.17) is 10.00 Å². The van der Waals surface area contributed by atoms with E-state index >= 15 is 0 Å². The molecule has 30 heavy (non-hydrogen) atoms. The third-order valence-corrected chi connectivity index (χ3v) is 6.17. The van der Waals surface area contributed by atoms with Crippen LogP contribution in [0.3, 0.4) is 0 Å². The topological polar surface area (TPSA) is 129 Å². The minimum absolute atomic E-state index is 0.0124. The fourth-order valence-corrected chi connectivity index (χ4v) is 4.08. The molecule has 0 saturated heterocycles. The standard InChI is InChI=1S/C20H22N4O5S/c1-3-24(4-2)30(27,28)17-10-7-9-15(12-17)20(26)23-22-19(25)14-29-18-11-6-5-8-16(18)13-21/h5-12H,3-4,14H2,1-2H3,(H,22,25)(H,23,26). The molecular formula is C20H22N4O5S. The maximum absolute atomic E-state index is 12.6. The Hall–Kier alpha value is -3.42. The smallest absolute Gasteiger partial charge is 0.276 e. The highest BCUT2D eigenvalue weighted by molar-refractivity contribution is 7.89. The maximum atomic E-state index is 12.6. The van der Waals surface area contributed by atoms with Gasteiger partial charge in [0.25, 0.3) is 11.8 Å². The number of benzene rings is 2. The maximum Gasteiger partial charge on any atom is 0.276 e. The molecule has 0 aliphatic heterocycles. The molecule has 0 heterocycles. The van der Waals surface area contributed by atoms with Crippen LogP contribution in [0.25, 0.3) is 0 Å². The van der Waals surface area contributed by atoms with Gasteiger partial charge in [-0.2, -0.15) is 9.57 Å². The van der Waals surface area contributed by atoms with Gasteiger partial charge in [0.2, 0.25) is 10.0 Å². The van der Waals surface area contributed by atoms with Crippen molar-refractivity contribution in [2.24, 2.45) is 0 Å². The molecule has 0 fully saturated rings. The van der Waals surface area contributed by atoms with Crippen LogP contribution < -0.4 is 15.6 Å². The van der Waals surface area contributed by atoms with Crippen LogP contribution in [0, 0.1) is 11.3 Å². The Labute approximate surface area is 175 Å². The van der Waals surface area contributed by atoms with Crippen molar-refractivity contribution < 1.29 is 22.7 Å². The highest BCUT2D eigenvalue weighted by Gasteiger charge is 2.22. The molecule has 0 aromatic heterocycles. The van der Waals surface area contributed by atoms with Crippen LogP contribution in [0.2, 0.25) is 0 Å². The summed E-state index contributed by atoms with van der Waals surface area (Å²) in [5.74, 6) is -1.09. The number of amides is 2. The molecule has 2 aromatic carbocycles. The fraction of sp³-hybridized carbons (Fsp3) is 0.250. The minimum atomic E-state index is -3.71. The van der Waals surface area contributed by atoms with Crippen molar-refractivity contribution in [2.75, 3.05) is 19.7 Å². The number of para-hydroxylation sites is 1. The number of sulfonamides is 1. The van der Waals surface area contributed by atoms with Crippen LogP contribution >= 0.6 is 0 Å². The number of ether oxygens (including phenoxy) is 1. The summed E-state index contributed by atoms with van der Waals surface area (Å²) >= 11 is 0. The number of hydrazine groups is 1. The van der Waals surface area contributed by atoms with E-state index in [1.165, 1.54) is 28.6 Å². The number of nitriles is 1. The molecule has 9 nitrogen and oxygen atoms in total. The van der Waals surface area contributed by atoms with Gasteiger partial charge in [-0.3, -0.25) is 20.4 Å². The second-order valence-corrected chi connectivity index (χ2v) is 7.95. The Bertz CT molecular complexity index is 1060. The lowest BCUT2D eigenvalue weighted by Crippen LogP contribution is -2.43. The zero-order valence-corrected chi connectivity index (χ0v) is 17.4. The fourth-order valence-electron chi connectivity index (χ4n) is 2.57. The quantitative estimate of drug-likeness (QED) is 0.610. The Morgan fingerprint density at radius 1 is 1.07 bits per heavy atom. The van der Waals surface area contributed by atoms with Gasteiger partial charge in [0, 0.05) is 18.7 Å². The Morgan fingerprint density at radius 2 is 1.77 bits per heavy atom. The Morgan fingerprint density at radius 3 is 2.43 bits per heavy atom. The third kappa shape index (κ3) is 5.56. The summed E-state index contributed by atoms with van der Waals surface area (Å²) in [6.07, 6.45) is 0. The lowest BCUT2D eigenvalue weighted by atomic mass is 10.2. The van der Waals surface area contributed by atoms with Crippen LogP contribution in [-0.2, 0) is 14.8 Å². The van der Waals surface area contributed by atoms with E-state index in [1.807, 2.05) is 6.07 Å². The number of hydrogen-bond donors (Lipinski definition) is 2. The van der Waals surface area contributed by atoms with E-state index < -0.39 is 28.4 Å². The normalized spacial score (nSPS) is 10.9. The second-order valence-electron chi connectivity index (χ2n) is 6.02. The minimum Gasteiger partial charge on any atom is -0.482 e. The molecule has 2 amide bonds. The second kappa shape index (κ2) is 10.4.